The summed E-state index contributed by atoms with van der Waals surface area (Å²) in [6, 6.07) is 12.1. The number of anilines is 1. The van der Waals surface area contributed by atoms with Crippen molar-refractivity contribution in [3.63, 3.8) is 0 Å². The standard InChI is InChI=1S/C20H25N3O2/c1-14-10-15-6-4-5-7-17(15)18(11-14)21-20(25)16-12-19(24)23(13-16)9-8-22(2)3/h4-7,10-11,16H,8-9,12-13H2,1-3H3,(H,21,25). The van der Waals surface area contributed by atoms with Gasteiger partial charge in [-0.2, -0.15) is 0 Å². The lowest BCUT2D eigenvalue weighted by molar-refractivity contribution is -0.128. The van der Waals surface area contributed by atoms with E-state index in [0.717, 1.165) is 28.6 Å². The predicted octanol–water partition coefficient (Wildman–Crippen LogP) is 2.50. The van der Waals surface area contributed by atoms with Gasteiger partial charge in [-0.1, -0.05) is 30.3 Å². The van der Waals surface area contributed by atoms with Gasteiger partial charge in [-0.25, -0.2) is 0 Å². The van der Waals surface area contributed by atoms with E-state index in [1.807, 2.05) is 56.3 Å². The molecule has 1 heterocycles. The van der Waals surface area contributed by atoms with Crippen LogP contribution < -0.4 is 5.32 Å². The molecular formula is C20H25N3O2. The number of benzene rings is 2. The third-order valence-electron chi connectivity index (χ3n) is 4.67. The second-order valence-corrected chi connectivity index (χ2v) is 7.07. The highest BCUT2D eigenvalue weighted by Gasteiger charge is 2.34. The van der Waals surface area contributed by atoms with Crippen molar-refractivity contribution in [1.29, 1.82) is 0 Å². The average molecular weight is 339 g/mol. The summed E-state index contributed by atoms with van der Waals surface area (Å²) in [6.07, 6.45) is 0.295. The first kappa shape index (κ1) is 17.4. The number of likely N-dealkylation sites (tertiary alicyclic amines) is 1. The lowest BCUT2D eigenvalue weighted by atomic mass is 10.0. The van der Waals surface area contributed by atoms with Gasteiger partial charge in [-0.05, 0) is 38.0 Å². The Morgan fingerprint density at radius 3 is 2.80 bits per heavy atom. The Kier molecular flexibility index (Phi) is 5.04. The molecule has 0 saturated carbocycles. The van der Waals surface area contributed by atoms with E-state index in [2.05, 4.69) is 11.4 Å². The quantitative estimate of drug-likeness (QED) is 0.911. The van der Waals surface area contributed by atoms with Crippen LogP contribution in [0.4, 0.5) is 5.69 Å². The highest BCUT2D eigenvalue weighted by atomic mass is 16.2. The van der Waals surface area contributed by atoms with Crippen molar-refractivity contribution < 1.29 is 9.59 Å². The zero-order valence-electron chi connectivity index (χ0n) is 15.1. The number of hydrogen-bond donors (Lipinski definition) is 1. The van der Waals surface area contributed by atoms with Crippen molar-refractivity contribution in [3.05, 3.63) is 42.0 Å². The second-order valence-electron chi connectivity index (χ2n) is 7.07. The summed E-state index contributed by atoms with van der Waals surface area (Å²) in [5, 5.41) is 5.17. The minimum Gasteiger partial charge on any atom is -0.341 e. The molecule has 1 N–H and O–H groups in total. The lowest BCUT2D eigenvalue weighted by Crippen LogP contribution is -2.34. The van der Waals surface area contributed by atoms with Crippen LogP contribution in [0.1, 0.15) is 12.0 Å². The number of carbonyl (C=O) groups is 2. The zero-order chi connectivity index (χ0) is 18.0. The summed E-state index contributed by atoms with van der Waals surface area (Å²) in [6.45, 7) is 4.00. The molecule has 3 rings (SSSR count). The first-order valence-corrected chi connectivity index (χ1v) is 8.67. The molecule has 1 unspecified atom stereocenters. The minimum absolute atomic E-state index is 0.0658. The summed E-state index contributed by atoms with van der Waals surface area (Å²) >= 11 is 0. The van der Waals surface area contributed by atoms with E-state index in [1.165, 1.54) is 0 Å². The second kappa shape index (κ2) is 7.23. The van der Waals surface area contributed by atoms with Gasteiger partial charge in [-0.3, -0.25) is 9.59 Å². The molecule has 5 heteroatoms. The number of likely N-dealkylation sites (N-methyl/N-ethyl adjacent to an activating group) is 1. The van der Waals surface area contributed by atoms with E-state index in [1.54, 1.807) is 4.90 Å². The summed E-state index contributed by atoms with van der Waals surface area (Å²) in [7, 11) is 3.96. The van der Waals surface area contributed by atoms with Crippen molar-refractivity contribution in [2.45, 2.75) is 13.3 Å². The van der Waals surface area contributed by atoms with Crippen molar-refractivity contribution in [2.24, 2.45) is 5.92 Å². The van der Waals surface area contributed by atoms with Crippen LogP contribution in [0.5, 0.6) is 0 Å². The van der Waals surface area contributed by atoms with Crippen LogP contribution in [0, 0.1) is 12.8 Å². The van der Waals surface area contributed by atoms with Crippen LogP contribution in [0.3, 0.4) is 0 Å². The number of aryl methyl sites for hydroxylation is 1. The minimum atomic E-state index is -0.283. The number of hydrogen-bond acceptors (Lipinski definition) is 3. The monoisotopic (exact) mass is 339 g/mol. The first-order valence-electron chi connectivity index (χ1n) is 8.67. The number of rotatable bonds is 5. The average Bonchev–Trinajstić information content (AvgIpc) is 2.94. The summed E-state index contributed by atoms with van der Waals surface area (Å²) in [4.78, 5) is 28.7. The van der Waals surface area contributed by atoms with Gasteiger partial charge in [0.1, 0.15) is 0 Å². The molecule has 1 fully saturated rings. The maximum atomic E-state index is 12.7. The van der Waals surface area contributed by atoms with Gasteiger partial charge in [0.2, 0.25) is 11.8 Å². The van der Waals surface area contributed by atoms with Gasteiger partial charge < -0.3 is 15.1 Å². The number of nitrogens with zero attached hydrogens (tertiary/aromatic N) is 2. The molecule has 1 atom stereocenters. The van der Waals surface area contributed by atoms with Gasteiger partial charge in [-0.15, -0.1) is 0 Å². The van der Waals surface area contributed by atoms with Crippen LogP contribution in [-0.2, 0) is 9.59 Å². The summed E-state index contributed by atoms with van der Waals surface area (Å²) in [5.74, 6) is -0.290. The van der Waals surface area contributed by atoms with Gasteiger partial charge in [0.05, 0.1) is 5.92 Å². The zero-order valence-corrected chi connectivity index (χ0v) is 15.1. The van der Waals surface area contributed by atoms with E-state index < -0.39 is 0 Å². The Bertz CT molecular complexity index is 801. The molecule has 0 bridgehead atoms. The van der Waals surface area contributed by atoms with Crippen LogP contribution in [0.15, 0.2) is 36.4 Å². The van der Waals surface area contributed by atoms with Crippen molar-refractivity contribution in [1.82, 2.24) is 9.80 Å². The molecular weight excluding hydrogens is 314 g/mol. The molecule has 1 aliphatic heterocycles. The van der Waals surface area contributed by atoms with Crippen molar-refractivity contribution in [2.75, 3.05) is 39.0 Å². The van der Waals surface area contributed by atoms with Gasteiger partial charge in [0.15, 0.2) is 0 Å². The van der Waals surface area contributed by atoms with E-state index in [0.29, 0.717) is 19.5 Å². The fraction of sp³-hybridized carbons (Fsp3) is 0.400. The molecule has 0 radical (unpaired) electrons. The Hall–Kier alpha value is -2.40. The number of carbonyl (C=O) groups excluding carboxylic acids is 2. The summed E-state index contributed by atoms with van der Waals surface area (Å²) in [5.41, 5.74) is 1.92. The van der Waals surface area contributed by atoms with Crippen LogP contribution in [-0.4, -0.2) is 55.3 Å². The van der Waals surface area contributed by atoms with Crippen LogP contribution in [0.2, 0.25) is 0 Å². The van der Waals surface area contributed by atoms with E-state index in [-0.39, 0.29) is 17.7 Å². The number of amides is 2. The SMILES string of the molecule is Cc1cc(NC(=O)C2CC(=O)N(CCN(C)C)C2)c2ccccc2c1. The predicted molar refractivity (Wildman–Crippen MR) is 101 cm³/mol. The Balaban J connectivity index is 1.72. The van der Waals surface area contributed by atoms with E-state index in [9.17, 15) is 9.59 Å². The van der Waals surface area contributed by atoms with Crippen molar-refractivity contribution >= 4 is 28.3 Å². The number of nitrogens with one attached hydrogen (secondary N) is 1. The maximum absolute atomic E-state index is 12.7. The van der Waals surface area contributed by atoms with Gasteiger partial charge in [0.25, 0.3) is 0 Å². The van der Waals surface area contributed by atoms with Gasteiger partial charge in [0, 0.05) is 37.1 Å². The topological polar surface area (TPSA) is 52.7 Å². The molecule has 5 nitrogen and oxygen atoms in total. The highest BCUT2D eigenvalue weighted by Crippen LogP contribution is 2.27. The molecule has 25 heavy (non-hydrogen) atoms. The van der Waals surface area contributed by atoms with Crippen molar-refractivity contribution in [3.8, 4) is 0 Å². The molecule has 132 valence electrons. The highest BCUT2D eigenvalue weighted by molar-refractivity contribution is 6.04. The van der Waals surface area contributed by atoms with E-state index in [4.69, 9.17) is 0 Å². The first-order chi connectivity index (χ1) is 11.9. The normalized spacial score (nSPS) is 17.5. The summed E-state index contributed by atoms with van der Waals surface area (Å²) < 4.78 is 0. The fourth-order valence-electron chi connectivity index (χ4n) is 3.28. The molecule has 2 aromatic carbocycles. The van der Waals surface area contributed by atoms with E-state index >= 15 is 0 Å². The Morgan fingerprint density at radius 2 is 2.04 bits per heavy atom. The number of fused-ring (bicyclic) bond motifs is 1. The molecule has 0 spiro atoms. The smallest absolute Gasteiger partial charge is 0.229 e. The fourth-order valence-corrected chi connectivity index (χ4v) is 3.28. The molecule has 0 aliphatic carbocycles. The maximum Gasteiger partial charge on any atom is 0.229 e. The third-order valence-corrected chi connectivity index (χ3v) is 4.67. The van der Waals surface area contributed by atoms with Crippen LogP contribution in [0.25, 0.3) is 10.8 Å². The van der Waals surface area contributed by atoms with Crippen LogP contribution >= 0.6 is 0 Å². The Morgan fingerprint density at radius 1 is 1.28 bits per heavy atom. The largest absolute Gasteiger partial charge is 0.341 e. The molecule has 2 aromatic rings. The molecule has 1 aliphatic rings. The van der Waals surface area contributed by atoms with Gasteiger partial charge >= 0.3 is 0 Å². The molecule has 2 amide bonds. The lowest BCUT2D eigenvalue weighted by Gasteiger charge is -2.19. The third kappa shape index (κ3) is 3.99. The Labute approximate surface area is 148 Å². The molecule has 0 aromatic heterocycles. The molecule has 1 saturated heterocycles.